The molecule has 0 saturated heterocycles. The van der Waals surface area contributed by atoms with Crippen LogP contribution in [0.15, 0.2) is 54.7 Å². The molecule has 2 heterocycles. The molecule has 0 atom stereocenters. The second kappa shape index (κ2) is 8.36. The van der Waals surface area contributed by atoms with Crippen molar-refractivity contribution in [3.8, 4) is 0 Å². The maximum Gasteiger partial charge on any atom is 0.233 e. The van der Waals surface area contributed by atoms with Crippen LogP contribution in [0, 0.1) is 27.7 Å². The van der Waals surface area contributed by atoms with Crippen LogP contribution in [0.25, 0.3) is 10.2 Å². The molecule has 2 aromatic carbocycles. The molecule has 4 rings (SSSR count). The van der Waals surface area contributed by atoms with E-state index >= 15 is 0 Å². The van der Waals surface area contributed by atoms with Crippen LogP contribution in [0.5, 0.6) is 0 Å². The number of rotatable bonds is 5. The van der Waals surface area contributed by atoms with Crippen LogP contribution < -0.4 is 4.90 Å². The van der Waals surface area contributed by atoms with Crippen molar-refractivity contribution in [2.75, 3.05) is 4.90 Å². The summed E-state index contributed by atoms with van der Waals surface area (Å²) in [6, 6.07) is 16.2. The van der Waals surface area contributed by atoms with E-state index in [0.29, 0.717) is 13.0 Å². The maximum atomic E-state index is 13.4. The molecule has 1 amide bonds. The Labute approximate surface area is 181 Å². The van der Waals surface area contributed by atoms with Gasteiger partial charge in [-0.1, -0.05) is 41.7 Å². The van der Waals surface area contributed by atoms with E-state index in [1.54, 1.807) is 22.4 Å². The molecule has 0 spiro atoms. The normalized spacial score (nSPS) is 11.1. The molecule has 0 N–H and O–H groups in total. The lowest BCUT2D eigenvalue weighted by molar-refractivity contribution is -0.118. The average Bonchev–Trinajstić information content (AvgIpc) is 3.13. The lowest BCUT2D eigenvalue weighted by Crippen LogP contribution is -2.32. The molecule has 0 aliphatic heterocycles. The Morgan fingerprint density at radius 2 is 1.80 bits per heavy atom. The lowest BCUT2D eigenvalue weighted by Gasteiger charge is -2.20. The predicted molar refractivity (Wildman–Crippen MR) is 124 cm³/mol. The summed E-state index contributed by atoms with van der Waals surface area (Å²) in [5.41, 5.74) is 7.59. The standard InChI is InChI=1S/C25H25N3OS/c1-16-11-19(4)24-22(12-16)27-25(30-24)28(15-21-7-5-6-10-26-21)23(29)14-20-9-8-17(2)18(3)13-20/h5-13H,14-15H2,1-4H3. The van der Waals surface area contributed by atoms with Crippen LogP contribution in [0.3, 0.4) is 0 Å². The molecule has 5 heteroatoms. The van der Waals surface area contributed by atoms with E-state index in [1.807, 2.05) is 24.3 Å². The number of amides is 1. The molecule has 4 aromatic rings. The Hall–Kier alpha value is -3.05. The summed E-state index contributed by atoms with van der Waals surface area (Å²) in [5.74, 6) is 0.0253. The third-order valence-corrected chi connectivity index (χ3v) is 6.54. The number of carbonyl (C=O) groups is 1. The van der Waals surface area contributed by atoms with Crippen LogP contribution >= 0.6 is 11.3 Å². The molecule has 2 aromatic heterocycles. The van der Waals surface area contributed by atoms with Gasteiger partial charge in [0.15, 0.2) is 5.13 Å². The molecule has 0 radical (unpaired) electrons. The largest absolute Gasteiger partial charge is 0.282 e. The first kappa shape index (κ1) is 20.2. The summed E-state index contributed by atoms with van der Waals surface area (Å²) in [4.78, 5) is 24.4. The smallest absolute Gasteiger partial charge is 0.233 e. The van der Waals surface area contributed by atoms with Crippen LogP contribution in [0.2, 0.25) is 0 Å². The first-order valence-corrected chi connectivity index (χ1v) is 10.9. The van der Waals surface area contributed by atoms with Crippen LogP contribution in [0.1, 0.15) is 33.5 Å². The van der Waals surface area contributed by atoms with Crippen molar-refractivity contribution >= 4 is 32.6 Å². The number of aromatic nitrogens is 2. The molecule has 0 aliphatic rings. The minimum absolute atomic E-state index is 0.0253. The zero-order chi connectivity index (χ0) is 21.3. The highest BCUT2D eigenvalue weighted by molar-refractivity contribution is 7.22. The number of hydrogen-bond donors (Lipinski definition) is 0. The quantitative estimate of drug-likeness (QED) is 0.420. The Morgan fingerprint density at radius 1 is 0.967 bits per heavy atom. The Bertz CT molecular complexity index is 1210. The van der Waals surface area contributed by atoms with Gasteiger partial charge in [0.25, 0.3) is 0 Å². The van der Waals surface area contributed by atoms with E-state index in [0.717, 1.165) is 26.6 Å². The Balaban J connectivity index is 1.71. The third-order valence-electron chi connectivity index (χ3n) is 5.31. The molecule has 0 unspecified atom stereocenters. The average molecular weight is 416 g/mol. The first-order valence-electron chi connectivity index (χ1n) is 10.0. The number of aryl methyl sites for hydroxylation is 4. The number of thiazole rings is 1. The highest BCUT2D eigenvalue weighted by atomic mass is 32.1. The summed E-state index contributed by atoms with van der Waals surface area (Å²) in [6.07, 6.45) is 2.09. The first-order chi connectivity index (χ1) is 14.4. The van der Waals surface area contributed by atoms with Crippen molar-refractivity contribution in [2.24, 2.45) is 0 Å². The number of anilines is 1. The summed E-state index contributed by atoms with van der Waals surface area (Å²) in [7, 11) is 0. The predicted octanol–water partition coefficient (Wildman–Crippen LogP) is 5.70. The van der Waals surface area contributed by atoms with Gasteiger partial charge in [0.2, 0.25) is 5.91 Å². The number of fused-ring (bicyclic) bond motifs is 1. The van der Waals surface area contributed by atoms with Crippen LogP contribution in [-0.4, -0.2) is 15.9 Å². The Morgan fingerprint density at radius 3 is 2.53 bits per heavy atom. The van der Waals surface area contributed by atoms with Crippen LogP contribution in [-0.2, 0) is 17.8 Å². The monoisotopic (exact) mass is 415 g/mol. The third kappa shape index (κ3) is 4.26. The van der Waals surface area contributed by atoms with Gasteiger partial charge in [-0.2, -0.15) is 0 Å². The zero-order valence-electron chi connectivity index (χ0n) is 17.8. The van der Waals surface area contributed by atoms with Crippen molar-refractivity contribution < 1.29 is 4.79 Å². The number of hydrogen-bond acceptors (Lipinski definition) is 4. The van der Waals surface area contributed by atoms with E-state index in [9.17, 15) is 4.79 Å². The molecule has 4 nitrogen and oxygen atoms in total. The fourth-order valence-corrected chi connectivity index (χ4v) is 4.61. The van der Waals surface area contributed by atoms with E-state index < -0.39 is 0 Å². The van der Waals surface area contributed by atoms with Gasteiger partial charge in [0, 0.05) is 6.20 Å². The topological polar surface area (TPSA) is 46.1 Å². The molecule has 30 heavy (non-hydrogen) atoms. The highest BCUT2D eigenvalue weighted by Crippen LogP contribution is 2.33. The number of benzene rings is 2. The summed E-state index contributed by atoms with van der Waals surface area (Å²) >= 11 is 1.57. The number of carbonyl (C=O) groups excluding carboxylic acids is 1. The molecule has 152 valence electrons. The molecular formula is C25H25N3OS. The van der Waals surface area contributed by atoms with Gasteiger partial charge in [-0.15, -0.1) is 0 Å². The minimum Gasteiger partial charge on any atom is -0.282 e. The number of nitrogens with zero attached hydrogens (tertiary/aromatic N) is 3. The van der Waals surface area contributed by atoms with E-state index in [4.69, 9.17) is 4.98 Å². The van der Waals surface area contributed by atoms with Gasteiger partial charge in [-0.25, -0.2) is 4.98 Å². The van der Waals surface area contributed by atoms with Crippen LogP contribution in [0.4, 0.5) is 5.13 Å². The molecule has 0 bridgehead atoms. The molecule has 0 fully saturated rings. The van der Waals surface area contributed by atoms with Gasteiger partial charge < -0.3 is 0 Å². The fourth-order valence-electron chi connectivity index (χ4n) is 3.58. The van der Waals surface area contributed by atoms with Gasteiger partial charge in [-0.3, -0.25) is 14.7 Å². The molecular weight excluding hydrogens is 390 g/mol. The van der Waals surface area contributed by atoms with Gasteiger partial charge in [0.05, 0.1) is 28.9 Å². The summed E-state index contributed by atoms with van der Waals surface area (Å²) in [5, 5.41) is 0.721. The molecule has 0 aliphatic carbocycles. The second-order valence-electron chi connectivity index (χ2n) is 7.82. The van der Waals surface area contributed by atoms with E-state index in [2.05, 4.69) is 56.9 Å². The summed E-state index contributed by atoms with van der Waals surface area (Å²) < 4.78 is 1.13. The minimum atomic E-state index is 0.0253. The highest BCUT2D eigenvalue weighted by Gasteiger charge is 2.22. The van der Waals surface area contributed by atoms with E-state index in [1.165, 1.54) is 22.3 Å². The van der Waals surface area contributed by atoms with Crippen molar-refractivity contribution in [3.05, 3.63) is 88.2 Å². The van der Waals surface area contributed by atoms with Gasteiger partial charge in [0.1, 0.15) is 0 Å². The van der Waals surface area contributed by atoms with Gasteiger partial charge >= 0.3 is 0 Å². The maximum absolute atomic E-state index is 13.4. The summed E-state index contributed by atoms with van der Waals surface area (Å²) in [6.45, 7) is 8.73. The zero-order valence-corrected chi connectivity index (χ0v) is 18.6. The SMILES string of the molecule is Cc1cc(C)c2sc(N(Cc3ccccn3)C(=O)Cc3ccc(C)c(C)c3)nc2c1. The lowest BCUT2D eigenvalue weighted by atomic mass is 10.0. The second-order valence-corrected chi connectivity index (χ2v) is 8.80. The van der Waals surface area contributed by atoms with E-state index in [-0.39, 0.29) is 5.91 Å². The molecule has 0 saturated carbocycles. The van der Waals surface area contributed by atoms with Crippen molar-refractivity contribution in [3.63, 3.8) is 0 Å². The Kier molecular flexibility index (Phi) is 5.64. The van der Waals surface area contributed by atoms with Crippen molar-refractivity contribution in [1.82, 2.24) is 9.97 Å². The van der Waals surface area contributed by atoms with Crippen molar-refractivity contribution in [2.45, 2.75) is 40.7 Å². The van der Waals surface area contributed by atoms with Crippen molar-refractivity contribution in [1.29, 1.82) is 0 Å². The fraction of sp³-hybridized carbons (Fsp3) is 0.240. The van der Waals surface area contributed by atoms with Gasteiger partial charge in [-0.05, 0) is 73.7 Å². The number of pyridine rings is 1.